The lowest BCUT2D eigenvalue weighted by atomic mass is 10.1. The van der Waals surface area contributed by atoms with E-state index in [4.69, 9.17) is 0 Å². The molecule has 0 unspecified atom stereocenters. The molecule has 0 saturated carbocycles. The quantitative estimate of drug-likeness (QED) is 0.856. The number of carbonyl (C=O) groups is 1. The third-order valence-corrected chi connectivity index (χ3v) is 4.64. The largest absolute Gasteiger partial charge is 0.372 e. The normalized spacial score (nSPS) is 17.8. The summed E-state index contributed by atoms with van der Waals surface area (Å²) in [6.45, 7) is 5.53. The summed E-state index contributed by atoms with van der Waals surface area (Å²) in [6, 6.07) is 8.53. The van der Waals surface area contributed by atoms with Crippen LogP contribution in [0.2, 0.25) is 0 Å². The van der Waals surface area contributed by atoms with E-state index in [0.717, 1.165) is 18.7 Å². The van der Waals surface area contributed by atoms with Crippen LogP contribution in [0.15, 0.2) is 30.5 Å². The van der Waals surface area contributed by atoms with Gasteiger partial charge in [0.25, 0.3) is 5.91 Å². The van der Waals surface area contributed by atoms with Crippen LogP contribution in [0.4, 0.5) is 5.69 Å². The van der Waals surface area contributed by atoms with Gasteiger partial charge in [-0.3, -0.25) is 9.48 Å². The molecule has 0 saturated heterocycles. The fourth-order valence-electron chi connectivity index (χ4n) is 3.39. The molecule has 1 aliphatic rings. The number of nitrogens with zero attached hydrogens (tertiary/aromatic N) is 4. The standard InChI is InChI=1S/C18H24N4O/c1-5-15-11-20(3)17-9-7-6-8-14(17)10-22(15)18(23)16-12-21(4)19-13(16)2/h6-9,12,15H,5,10-11H2,1-4H3/t15-/m1/s1. The van der Waals surface area contributed by atoms with E-state index < -0.39 is 0 Å². The SMILES string of the molecule is CC[C@@H]1CN(C)c2ccccc2CN1C(=O)c1cn(C)nc1C. The zero-order valence-electron chi connectivity index (χ0n) is 14.3. The van der Waals surface area contributed by atoms with Crippen molar-refractivity contribution >= 4 is 11.6 Å². The highest BCUT2D eigenvalue weighted by atomic mass is 16.2. The molecule has 1 aromatic carbocycles. The molecule has 5 heteroatoms. The van der Waals surface area contributed by atoms with Crippen LogP contribution < -0.4 is 4.90 Å². The average Bonchev–Trinajstić information content (AvgIpc) is 2.80. The average molecular weight is 312 g/mol. The van der Waals surface area contributed by atoms with Crippen LogP contribution in [-0.2, 0) is 13.6 Å². The van der Waals surface area contributed by atoms with Crippen molar-refractivity contribution in [2.45, 2.75) is 32.9 Å². The maximum atomic E-state index is 13.1. The Labute approximate surface area is 137 Å². The molecule has 2 heterocycles. The Morgan fingerprint density at radius 1 is 1.30 bits per heavy atom. The van der Waals surface area contributed by atoms with Crippen molar-refractivity contribution in [3.8, 4) is 0 Å². The van der Waals surface area contributed by atoms with E-state index in [1.807, 2.05) is 31.1 Å². The van der Waals surface area contributed by atoms with E-state index in [2.05, 4.69) is 42.2 Å². The van der Waals surface area contributed by atoms with Crippen molar-refractivity contribution in [1.29, 1.82) is 0 Å². The summed E-state index contributed by atoms with van der Waals surface area (Å²) in [4.78, 5) is 17.4. The summed E-state index contributed by atoms with van der Waals surface area (Å²) in [7, 11) is 3.96. The van der Waals surface area contributed by atoms with E-state index in [9.17, 15) is 4.79 Å². The van der Waals surface area contributed by atoms with Gasteiger partial charge in [0.15, 0.2) is 0 Å². The van der Waals surface area contributed by atoms with Crippen LogP contribution in [0.3, 0.4) is 0 Å². The number of aryl methyl sites for hydroxylation is 2. The summed E-state index contributed by atoms with van der Waals surface area (Å²) in [5.41, 5.74) is 3.90. The van der Waals surface area contributed by atoms with E-state index >= 15 is 0 Å². The summed E-state index contributed by atoms with van der Waals surface area (Å²) >= 11 is 0. The maximum Gasteiger partial charge on any atom is 0.257 e. The number of aromatic nitrogens is 2. The van der Waals surface area contributed by atoms with Crippen molar-refractivity contribution in [2.75, 3.05) is 18.5 Å². The van der Waals surface area contributed by atoms with E-state index in [1.54, 1.807) is 4.68 Å². The highest BCUT2D eigenvalue weighted by Crippen LogP contribution is 2.28. The first-order valence-electron chi connectivity index (χ1n) is 8.11. The first kappa shape index (κ1) is 15.6. The van der Waals surface area contributed by atoms with E-state index in [0.29, 0.717) is 12.1 Å². The molecule has 5 nitrogen and oxygen atoms in total. The molecular weight excluding hydrogens is 288 g/mol. The molecule has 0 radical (unpaired) electrons. The fourth-order valence-corrected chi connectivity index (χ4v) is 3.39. The van der Waals surface area contributed by atoms with Crippen LogP contribution in [0.25, 0.3) is 0 Å². The molecule has 0 bridgehead atoms. The number of likely N-dealkylation sites (N-methyl/N-ethyl adjacent to an activating group) is 1. The van der Waals surface area contributed by atoms with Gasteiger partial charge in [-0.2, -0.15) is 5.10 Å². The minimum absolute atomic E-state index is 0.0764. The molecule has 0 aliphatic carbocycles. The molecule has 3 rings (SSSR count). The third kappa shape index (κ3) is 2.83. The van der Waals surface area contributed by atoms with Gasteiger partial charge >= 0.3 is 0 Å². The summed E-state index contributed by atoms with van der Waals surface area (Å²) in [5, 5.41) is 4.32. The first-order chi connectivity index (χ1) is 11.0. The molecule has 23 heavy (non-hydrogen) atoms. The van der Waals surface area contributed by atoms with Gasteiger partial charge in [-0.1, -0.05) is 25.1 Å². The molecule has 122 valence electrons. The van der Waals surface area contributed by atoms with Crippen molar-refractivity contribution < 1.29 is 4.79 Å². The van der Waals surface area contributed by atoms with Crippen molar-refractivity contribution in [3.63, 3.8) is 0 Å². The summed E-state index contributed by atoms with van der Waals surface area (Å²) in [6.07, 6.45) is 2.76. The lowest BCUT2D eigenvalue weighted by Crippen LogP contribution is -2.43. The summed E-state index contributed by atoms with van der Waals surface area (Å²) in [5.74, 6) is 0.0764. The Kier molecular flexibility index (Phi) is 4.11. The number of hydrogen-bond donors (Lipinski definition) is 0. The van der Waals surface area contributed by atoms with Gasteiger partial charge in [0.2, 0.25) is 0 Å². The first-order valence-corrected chi connectivity index (χ1v) is 8.11. The lowest BCUT2D eigenvalue weighted by Gasteiger charge is -2.30. The van der Waals surface area contributed by atoms with Gasteiger partial charge in [-0.15, -0.1) is 0 Å². The molecular formula is C18H24N4O. The molecule has 1 aliphatic heterocycles. The van der Waals surface area contributed by atoms with E-state index in [1.165, 1.54) is 11.3 Å². The smallest absolute Gasteiger partial charge is 0.257 e. The minimum Gasteiger partial charge on any atom is -0.372 e. The van der Waals surface area contributed by atoms with Crippen LogP contribution in [-0.4, -0.2) is 40.2 Å². The van der Waals surface area contributed by atoms with E-state index in [-0.39, 0.29) is 11.9 Å². The molecule has 2 aromatic rings. The third-order valence-electron chi connectivity index (χ3n) is 4.64. The number of hydrogen-bond acceptors (Lipinski definition) is 3. The minimum atomic E-state index is 0.0764. The predicted molar refractivity (Wildman–Crippen MR) is 91.6 cm³/mol. The van der Waals surface area contributed by atoms with Crippen molar-refractivity contribution in [1.82, 2.24) is 14.7 Å². The van der Waals surface area contributed by atoms with Crippen LogP contribution in [0.1, 0.15) is 35.0 Å². The maximum absolute atomic E-state index is 13.1. The Morgan fingerprint density at radius 3 is 2.70 bits per heavy atom. The highest BCUT2D eigenvalue weighted by Gasteiger charge is 2.30. The number of rotatable bonds is 2. The zero-order chi connectivity index (χ0) is 16.6. The topological polar surface area (TPSA) is 41.4 Å². The van der Waals surface area contributed by atoms with Gasteiger partial charge in [-0.25, -0.2) is 0 Å². The monoisotopic (exact) mass is 312 g/mol. The van der Waals surface area contributed by atoms with Gasteiger partial charge in [0.05, 0.1) is 11.3 Å². The van der Waals surface area contributed by atoms with Gasteiger partial charge < -0.3 is 9.80 Å². The highest BCUT2D eigenvalue weighted by molar-refractivity contribution is 5.95. The fraction of sp³-hybridized carbons (Fsp3) is 0.444. The van der Waals surface area contributed by atoms with Crippen LogP contribution in [0.5, 0.6) is 0 Å². The number of amides is 1. The molecule has 1 atom stereocenters. The molecule has 0 N–H and O–H groups in total. The van der Waals surface area contributed by atoms with Crippen LogP contribution in [0, 0.1) is 6.92 Å². The van der Waals surface area contributed by atoms with Gasteiger partial charge in [-0.05, 0) is 25.0 Å². The van der Waals surface area contributed by atoms with Gasteiger partial charge in [0.1, 0.15) is 0 Å². The lowest BCUT2D eigenvalue weighted by molar-refractivity contribution is 0.0667. The number of benzene rings is 1. The zero-order valence-corrected chi connectivity index (χ0v) is 14.3. The molecule has 0 fully saturated rings. The second kappa shape index (κ2) is 6.07. The predicted octanol–water partition coefficient (Wildman–Crippen LogP) is 2.60. The molecule has 1 amide bonds. The van der Waals surface area contributed by atoms with Crippen molar-refractivity contribution in [2.24, 2.45) is 7.05 Å². The molecule has 0 spiro atoms. The second-order valence-corrected chi connectivity index (χ2v) is 6.31. The van der Waals surface area contributed by atoms with Crippen molar-refractivity contribution in [3.05, 3.63) is 47.3 Å². The number of carbonyl (C=O) groups excluding carboxylic acids is 1. The number of para-hydroxylation sites is 1. The van der Waals surface area contributed by atoms with Crippen LogP contribution >= 0.6 is 0 Å². The Morgan fingerprint density at radius 2 is 2.04 bits per heavy atom. The summed E-state index contributed by atoms with van der Waals surface area (Å²) < 4.78 is 1.71. The van der Waals surface area contributed by atoms with Gasteiger partial charge in [0, 0.05) is 45.1 Å². The molecule has 1 aromatic heterocycles. The Hall–Kier alpha value is -2.30. The Bertz CT molecular complexity index is 722. The Balaban J connectivity index is 1.99. The number of anilines is 1. The number of fused-ring (bicyclic) bond motifs is 1. The second-order valence-electron chi connectivity index (χ2n) is 6.31.